The lowest BCUT2D eigenvalue weighted by Gasteiger charge is -2.43. The molecule has 1 aliphatic carbocycles. The SMILES string of the molecule is COc1ccc(C2(CCNC(=O)c3ccccc3)CCC2)cc1OC. The lowest BCUT2D eigenvalue weighted by atomic mass is 9.62. The maximum Gasteiger partial charge on any atom is 0.251 e. The second kappa shape index (κ2) is 7.60. The minimum Gasteiger partial charge on any atom is -0.493 e. The summed E-state index contributed by atoms with van der Waals surface area (Å²) in [5.74, 6) is 1.50. The van der Waals surface area contributed by atoms with Crippen LogP contribution in [0.3, 0.4) is 0 Å². The van der Waals surface area contributed by atoms with Crippen LogP contribution in [0.5, 0.6) is 11.5 Å². The monoisotopic (exact) mass is 339 g/mol. The van der Waals surface area contributed by atoms with Crippen LogP contribution < -0.4 is 14.8 Å². The van der Waals surface area contributed by atoms with Gasteiger partial charge in [0, 0.05) is 12.1 Å². The average molecular weight is 339 g/mol. The molecule has 2 aromatic carbocycles. The fourth-order valence-corrected chi connectivity index (χ4v) is 3.56. The zero-order chi connectivity index (χ0) is 17.7. The van der Waals surface area contributed by atoms with Crippen LogP contribution in [0.1, 0.15) is 41.6 Å². The molecule has 0 heterocycles. The van der Waals surface area contributed by atoms with Crippen molar-refractivity contribution in [3.63, 3.8) is 0 Å². The Hall–Kier alpha value is -2.49. The Morgan fingerprint density at radius 2 is 1.76 bits per heavy atom. The van der Waals surface area contributed by atoms with Gasteiger partial charge in [0.05, 0.1) is 14.2 Å². The zero-order valence-corrected chi connectivity index (χ0v) is 14.9. The number of nitrogens with one attached hydrogen (secondary N) is 1. The highest BCUT2D eigenvalue weighted by molar-refractivity contribution is 5.94. The van der Waals surface area contributed by atoms with Gasteiger partial charge in [-0.05, 0) is 54.5 Å². The zero-order valence-electron chi connectivity index (χ0n) is 14.9. The molecule has 2 aromatic rings. The van der Waals surface area contributed by atoms with E-state index in [0.29, 0.717) is 12.1 Å². The molecule has 0 spiro atoms. The summed E-state index contributed by atoms with van der Waals surface area (Å²) in [6, 6.07) is 15.5. The Kier molecular flexibility index (Phi) is 5.27. The van der Waals surface area contributed by atoms with Gasteiger partial charge in [0.25, 0.3) is 5.91 Å². The van der Waals surface area contributed by atoms with E-state index in [1.54, 1.807) is 14.2 Å². The molecule has 0 unspecified atom stereocenters. The Labute approximate surface area is 149 Å². The van der Waals surface area contributed by atoms with Crippen molar-refractivity contribution >= 4 is 5.91 Å². The van der Waals surface area contributed by atoms with Crippen molar-refractivity contribution in [2.24, 2.45) is 0 Å². The van der Waals surface area contributed by atoms with Crippen LogP contribution in [0.4, 0.5) is 0 Å². The second-order valence-corrected chi connectivity index (χ2v) is 6.58. The highest BCUT2D eigenvalue weighted by Crippen LogP contribution is 2.48. The fourth-order valence-electron chi connectivity index (χ4n) is 3.56. The number of carbonyl (C=O) groups excluding carboxylic acids is 1. The van der Waals surface area contributed by atoms with Crippen LogP contribution in [-0.2, 0) is 5.41 Å². The van der Waals surface area contributed by atoms with Crippen molar-refractivity contribution in [3.05, 3.63) is 59.7 Å². The van der Waals surface area contributed by atoms with Gasteiger partial charge in [-0.25, -0.2) is 0 Å². The minimum atomic E-state index is -0.0117. The first kappa shape index (κ1) is 17.3. The van der Waals surface area contributed by atoms with Gasteiger partial charge in [-0.2, -0.15) is 0 Å². The predicted octanol–water partition coefficient (Wildman–Crippen LogP) is 3.95. The van der Waals surface area contributed by atoms with E-state index in [1.807, 2.05) is 36.4 Å². The molecule has 1 saturated carbocycles. The van der Waals surface area contributed by atoms with E-state index in [1.165, 1.54) is 12.0 Å². The fraction of sp³-hybridized carbons (Fsp3) is 0.381. The summed E-state index contributed by atoms with van der Waals surface area (Å²) in [4.78, 5) is 12.2. The standard InChI is InChI=1S/C21H25NO3/c1-24-18-10-9-17(15-19(18)25-2)21(11-6-12-21)13-14-22-20(23)16-7-4-3-5-8-16/h3-5,7-10,15H,6,11-14H2,1-2H3,(H,22,23). The quantitative estimate of drug-likeness (QED) is 0.831. The van der Waals surface area contributed by atoms with Crippen LogP contribution in [0.2, 0.25) is 0 Å². The van der Waals surface area contributed by atoms with Gasteiger partial charge < -0.3 is 14.8 Å². The van der Waals surface area contributed by atoms with Crippen LogP contribution in [0, 0.1) is 0 Å². The van der Waals surface area contributed by atoms with Crippen molar-refractivity contribution in [1.82, 2.24) is 5.32 Å². The van der Waals surface area contributed by atoms with Crippen molar-refractivity contribution in [1.29, 1.82) is 0 Å². The Morgan fingerprint density at radius 3 is 2.36 bits per heavy atom. The molecule has 0 radical (unpaired) electrons. The molecule has 1 aliphatic rings. The molecule has 1 N–H and O–H groups in total. The molecule has 3 rings (SSSR count). The maximum absolute atomic E-state index is 12.2. The lowest BCUT2D eigenvalue weighted by molar-refractivity contribution is 0.0945. The number of methoxy groups -OCH3 is 2. The third-order valence-corrected chi connectivity index (χ3v) is 5.23. The summed E-state index contributed by atoms with van der Waals surface area (Å²) >= 11 is 0. The summed E-state index contributed by atoms with van der Waals surface area (Å²) < 4.78 is 10.8. The molecule has 1 amide bonds. The summed E-state index contributed by atoms with van der Waals surface area (Å²) in [5, 5.41) is 3.05. The molecule has 4 nitrogen and oxygen atoms in total. The summed E-state index contributed by atoms with van der Waals surface area (Å²) in [6.45, 7) is 0.669. The predicted molar refractivity (Wildman–Crippen MR) is 98.5 cm³/mol. The first-order chi connectivity index (χ1) is 12.2. The molecular formula is C21H25NO3. The molecule has 0 atom stereocenters. The van der Waals surface area contributed by atoms with Gasteiger partial charge in [-0.1, -0.05) is 30.7 Å². The van der Waals surface area contributed by atoms with Crippen LogP contribution in [0.15, 0.2) is 48.5 Å². The molecule has 1 fully saturated rings. The number of benzene rings is 2. The second-order valence-electron chi connectivity index (χ2n) is 6.58. The van der Waals surface area contributed by atoms with Gasteiger partial charge >= 0.3 is 0 Å². The largest absolute Gasteiger partial charge is 0.493 e. The minimum absolute atomic E-state index is 0.0117. The van der Waals surface area contributed by atoms with E-state index in [2.05, 4.69) is 17.4 Å². The van der Waals surface area contributed by atoms with Crippen LogP contribution in [-0.4, -0.2) is 26.7 Å². The van der Waals surface area contributed by atoms with Gasteiger partial charge in [-0.15, -0.1) is 0 Å². The third-order valence-electron chi connectivity index (χ3n) is 5.23. The lowest BCUT2D eigenvalue weighted by Crippen LogP contribution is -2.38. The maximum atomic E-state index is 12.2. The molecular weight excluding hydrogens is 314 g/mol. The molecule has 0 bridgehead atoms. The first-order valence-corrected chi connectivity index (χ1v) is 8.74. The number of carbonyl (C=O) groups is 1. The van der Waals surface area contributed by atoms with Gasteiger partial charge in [0.1, 0.15) is 0 Å². The molecule has 0 saturated heterocycles. The highest BCUT2D eigenvalue weighted by Gasteiger charge is 2.38. The summed E-state index contributed by atoms with van der Waals surface area (Å²) in [6.07, 6.45) is 4.44. The van der Waals surface area contributed by atoms with E-state index in [9.17, 15) is 4.79 Å². The number of ether oxygens (including phenoxy) is 2. The molecule has 132 valence electrons. The van der Waals surface area contributed by atoms with Crippen LogP contribution in [0.25, 0.3) is 0 Å². The van der Waals surface area contributed by atoms with E-state index < -0.39 is 0 Å². The normalized spacial score (nSPS) is 15.1. The third kappa shape index (κ3) is 3.63. The van der Waals surface area contributed by atoms with E-state index in [4.69, 9.17) is 9.47 Å². The van der Waals surface area contributed by atoms with E-state index in [-0.39, 0.29) is 11.3 Å². The molecule has 0 aromatic heterocycles. The first-order valence-electron chi connectivity index (χ1n) is 8.74. The smallest absolute Gasteiger partial charge is 0.251 e. The van der Waals surface area contributed by atoms with Gasteiger partial charge in [0.2, 0.25) is 0 Å². The Bertz CT molecular complexity index is 723. The molecule has 25 heavy (non-hydrogen) atoms. The van der Waals surface area contributed by atoms with E-state index >= 15 is 0 Å². The average Bonchev–Trinajstić information content (AvgIpc) is 2.64. The highest BCUT2D eigenvalue weighted by atomic mass is 16.5. The van der Waals surface area contributed by atoms with Crippen molar-refractivity contribution in [2.45, 2.75) is 31.1 Å². The Balaban J connectivity index is 1.66. The van der Waals surface area contributed by atoms with Crippen LogP contribution >= 0.6 is 0 Å². The topological polar surface area (TPSA) is 47.6 Å². The number of rotatable bonds is 7. The molecule has 0 aliphatic heterocycles. The van der Waals surface area contributed by atoms with E-state index in [0.717, 1.165) is 30.8 Å². The van der Waals surface area contributed by atoms with Crippen molar-refractivity contribution in [2.75, 3.05) is 20.8 Å². The number of hydrogen-bond acceptors (Lipinski definition) is 3. The van der Waals surface area contributed by atoms with Crippen molar-refractivity contribution in [3.8, 4) is 11.5 Å². The van der Waals surface area contributed by atoms with Gasteiger partial charge in [0.15, 0.2) is 11.5 Å². The van der Waals surface area contributed by atoms with Gasteiger partial charge in [-0.3, -0.25) is 4.79 Å². The summed E-state index contributed by atoms with van der Waals surface area (Å²) in [7, 11) is 3.31. The number of hydrogen-bond donors (Lipinski definition) is 1. The Morgan fingerprint density at radius 1 is 1.04 bits per heavy atom. The molecule has 4 heteroatoms. The number of amides is 1. The summed E-state index contributed by atoms with van der Waals surface area (Å²) in [5.41, 5.74) is 2.10. The van der Waals surface area contributed by atoms with Crippen molar-refractivity contribution < 1.29 is 14.3 Å².